The van der Waals surface area contributed by atoms with Crippen molar-refractivity contribution in [2.24, 2.45) is 5.92 Å². The van der Waals surface area contributed by atoms with Gasteiger partial charge in [-0.15, -0.1) is 0 Å². The third-order valence-electron chi connectivity index (χ3n) is 4.38. The Morgan fingerprint density at radius 3 is 2.24 bits per heavy atom. The van der Waals surface area contributed by atoms with E-state index in [1.54, 1.807) is 0 Å². The van der Waals surface area contributed by atoms with Crippen molar-refractivity contribution in [3.8, 4) is 0 Å². The molecule has 1 aromatic rings. The fraction of sp³-hybridized carbons (Fsp3) is 0.579. The minimum atomic E-state index is -0.285. The molecule has 0 aliphatic carbocycles. The van der Waals surface area contributed by atoms with Crippen LogP contribution in [0.4, 0.5) is 0 Å². The van der Waals surface area contributed by atoms with Gasteiger partial charge in [0.2, 0.25) is 11.8 Å². The predicted octanol–water partition coefficient (Wildman–Crippen LogP) is 2.82. The van der Waals surface area contributed by atoms with Gasteiger partial charge < -0.3 is 10.2 Å². The molecule has 1 unspecified atom stereocenters. The number of benzene rings is 1. The van der Waals surface area contributed by atoms with Gasteiger partial charge in [-0.3, -0.25) is 14.5 Å². The molecule has 0 spiro atoms. The molecule has 5 nitrogen and oxygen atoms in total. The Morgan fingerprint density at radius 1 is 1.12 bits per heavy atom. The van der Waals surface area contributed by atoms with E-state index in [4.69, 9.17) is 0 Å². The molecule has 138 valence electrons. The molecule has 1 aliphatic rings. The number of carbonyl (C=O) groups is 2. The third kappa shape index (κ3) is 6.44. The molecule has 0 radical (unpaired) electrons. The minimum absolute atomic E-state index is 0.103. The van der Waals surface area contributed by atoms with Crippen molar-refractivity contribution in [2.75, 3.05) is 32.7 Å². The molecule has 0 bridgehead atoms. The van der Waals surface area contributed by atoms with Gasteiger partial charge in [-0.2, -0.15) is 0 Å². The molecular weight excluding hydrogens is 382 g/mol. The van der Waals surface area contributed by atoms with Crippen LogP contribution in [0.1, 0.15) is 38.8 Å². The molecule has 0 saturated carbocycles. The summed E-state index contributed by atoms with van der Waals surface area (Å²) in [5, 5.41) is 2.91. The first-order chi connectivity index (χ1) is 11.8. The minimum Gasteiger partial charge on any atom is -0.349 e. The largest absolute Gasteiger partial charge is 0.349 e. The Bertz CT molecular complexity index is 581. The first-order valence-electron chi connectivity index (χ1n) is 8.88. The van der Waals surface area contributed by atoms with Crippen molar-refractivity contribution in [2.45, 2.75) is 33.2 Å². The zero-order valence-corrected chi connectivity index (χ0v) is 16.9. The van der Waals surface area contributed by atoms with Gasteiger partial charge in [0.1, 0.15) is 0 Å². The number of carbonyl (C=O) groups excluding carboxylic acids is 2. The van der Waals surface area contributed by atoms with Crippen molar-refractivity contribution in [3.05, 3.63) is 34.3 Å². The zero-order valence-electron chi connectivity index (χ0n) is 15.3. The molecular formula is C19H28BrN3O2. The fourth-order valence-electron chi connectivity index (χ4n) is 3.19. The molecule has 1 aromatic carbocycles. The van der Waals surface area contributed by atoms with E-state index >= 15 is 0 Å². The number of nitrogens with zero attached hydrogens (tertiary/aromatic N) is 2. The summed E-state index contributed by atoms with van der Waals surface area (Å²) in [6.07, 6.45) is 0.297. The Kier molecular flexibility index (Phi) is 7.44. The summed E-state index contributed by atoms with van der Waals surface area (Å²) in [4.78, 5) is 28.6. The summed E-state index contributed by atoms with van der Waals surface area (Å²) in [5.74, 6) is 0.622. The van der Waals surface area contributed by atoms with E-state index in [2.05, 4.69) is 40.0 Å². The second-order valence-electron chi connectivity index (χ2n) is 7.08. The first-order valence-corrected chi connectivity index (χ1v) is 9.67. The monoisotopic (exact) mass is 409 g/mol. The summed E-state index contributed by atoms with van der Waals surface area (Å²) in [6.45, 7) is 10.4. The summed E-state index contributed by atoms with van der Waals surface area (Å²) in [6, 6.07) is 7.46. The second kappa shape index (κ2) is 9.34. The van der Waals surface area contributed by atoms with Crippen LogP contribution in [0.15, 0.2) is 28.7 Å². The lowest BCUT2D eigenvalue weighted by Crippen LogP contribution is -2.50. The number of hydrogen-bond acceptors (Lipinski definition) is 3. The van der Waals surface area contributed by atoms with E-state index < -0.39 is 0 Å². The van der Waals surface area contributed by atoms with Crippen LogP contribution in [0.25, 0.3) is 0 Å². The van der Waals surface area contributed by atoms with Crippen molar-refractivity contribution >= 4 is 27.7 Å². The average molecular weight is 410 g/mol. The van der Waals surface area contributed by atoms with Crippen molar-refractivity contribution in [3.63, 3.8) is 0 Å². The maximum Gasteiger partial charge on any atom is 0.225 e. The highest BCUT2D eigenvalue weighted by Gasteiger charge is 2.25. The van der Waals surface area contributed by atoms with E-state index in [-0.39, 0.29) is 17.9 Å². The van der Waals surface area contributed by atoms with E-state index in [1.165, 1.54) is 6.92 Å². The number of amides is 2. The average Bonchev–Trinajstić information content (AvgIpc) is 2.54. The van der Waals surface area contributed by atoms with E-state index in [0.717, 1.165) is 42.8 Å². The maximum absolute atomic E-state index is 12.7. The standard InChI is InChI=1S/C19H28BrN3O2/c1-14(2)13-22-8-10-23(11-9-22)19(25)12-18(21-15(3)24)16-4-6-17(20)7-5-16/h4-7,14,18H,8-13H2,1-3H3,(H,21,24). The smallest absolute Gasteiger partial charge is 0.225 e. The van der Waals surface area contributed by atoms with Crippen molar-refractivity contribution < 1.29 is 9.59 Å². The van der Waals surface area contributed by atoms with Gasteiger partial charge in [0.15, 0.2) is 0 Å². The predicted molar refractivity (Wildman–Crippen MR) is 103 cm³/mol. The number of hydrogen-bond donors (Lipinski definition) is 1. The topological polar surface area (TPSA) is 52.7 Å². The Labute approximate surface area is 158 Å². The third-order valence-corrected chi connectivity index (χ3v) is 4.91. The van der Waals surface area contributed by atoms with Gasteiger partial charge in [0.05, 0.1) is 12.5 Å². The lowest BCUT2D eigenvalue weighted by atomic mass is 10.0. The maximum atomic E-state index is 12.7. The van der Waals surface area contributed by atoms with E-state index in [9.17, 15) is 9.59 Å². The molecule has 1 aliphatic heterocycles. The van der Waals surface area contributed by atoms with Gasteiger partial charge in [0, 0.05) is 44.1 Å². The normalized spacial score (nSPS) is 16.8. The van der Waals surface area contributed by atoms with Crippen LogP contribution in [0.3, 0.4) is 0 Å². The molecule has 1 N–H and O–H groups in total. The Morgan fingerprint density at radius 2 is 1.72 bits per heavy atom. The SMILES string of the molecule is CC(=O)NC(CC(=O)N1CCN(CC(C)C)CC1)c1ccc(Br)cc1. The quantitative estimate of drug-likeness (QED) is 0.785. The summed E-state index contributed by atoms with van der Waals surface area (Å²) < 4.78 is 0.977. The van der Waals surface area contributed by atoms with E-state index in [1.807, 2.05) is 29.2 Å². The molecule has 25 heavy (non-hydrogen) atoms. The molecule has 1 saturated heterocycles. The van der Waals surface area contributed by atoms with Crippen LogP contribution < -0.4 is 5.32 Å². The van der Waals surface area contributed by atoms with Gasteiger partial charge in [-0.05, 0) is 23.6 Å². The number of halogens is 1. The highest BCUT2D eigenvalue weighted by atomic mass is 79.9. The van der Waals surface area contributed by atoms with Crippen molar-refractivity contribution in [1.29, 1.82) is 0 Å². The number of rotatable bonds is 6. The Hall–Kier alpha value is -1.40. The summed E-state index contributed by atoms with van der Waals surface area (Å²) in [7, 11) is 0. The van der Waals surface area contributed by atoms with Crippen LogP contribution in [-0.4, -0.2) is 54.3 Å². The molecule has 2 amide bonds. The number of piperazine rings is 1. The Balaban J connectivity index is 1.95. The van der Waals surface area contributed by atoms with E-state index in [0.29, 0.717) is 12.3 Å². The highest BCUT2D eigenvalue weighted by Crippen LogP contribution is 2.21. The highest BCUT2D eigenvalue weighted by molar-refractivity contribution is 9.10. The van der Waals surface area contributed by atoms with Crippen LogP contribution in [-0.2, 0) is 9.59 Å². The summed E-state index contributed by atoms with van der Waals surface area (Å²) in [5.41, 5.74) is 0.949. The van der Waals surface area contributed by atoms with Crippen LogP contribution in [0.5, 0.6) is 0 Å². The molecule has 1 fully saturated rings. The van der Waals surface area contributed by atoms with Gasteiger partial charge in [-0.25, -0.2) is 0 Å². The lowest BCUT2D eigenvalue weighted by Gasteiger charge is -2.36. The zero-order chi connectivity index (χ0) is 18.4. The molecule has 0 aromatic heterocycles. The van der Waals surface area contributed by atoms with Crippen LogP contribution in [0.2, 0.25) is 0 Å². The summed E-state index contributed by atoms with van der Waals surface area (Å²) >= 11 is 3.41. The fourth-order valence-corrected chi connectivity index (χ4v) is 3.46. The molecule has 6 heteroatoms. The first kappa shape index (κ1) is 19.9. The van der Waals surface area contributed by atoms with Gasteiger partial charge >= 0.3 is 0 Å². The van der Waals surface area contributed by atoms with Gasteiger partial charge in [0.25, 0.3) is 0 Å². The second-order valence-corrected chi connectivity index (χ2v) is 8.00. The lowest BCUT2D eigenvalue weighted by molar-refractivity contribution is -0.133. The van der Waals surface area contributed by atoms with Crippen LogP contribution >= 0.6 is 15.9 Å². The molecule has 1 atom stereocenters. The van der Waals surface area contributed by atoms with Crippen molar-refractivity contribution in [1.82, 2.24) is 15.1 Å². The van der Waals surface area contributed by atoms with Gasteiger partial charge in [-0.1, -0.05) is 41.9 Å². The number of nitrogens with one attached hydrogen (secondary N) is 1. The molecule has 2 rings (SSSR count). The molecule has 1 heterocycles. The van der Waals surface area contributed by atoms with Crippen LogP contribution in [0, 0.1) is 5.92 Å².